The molecule has 0 fully saturated rings. The van der Waals surface area contributed by atoms with Crippen molar-refractivity contribution in [2.75, 3.05) is 13.1 Å². The fraction of sp³-hybridized carbons (Fsp3) is 0.619. The molecule has 0 N–H and O–H groups in total. The molecular weight excluding hydrogens is 330 g/mol. The highest BCUT2D eigenvalue weighted by Gasteiger charge is 2.30. The van der Waals surface area contributed by atoms with Crippen LogP contribution in [-0.2, 0) is 25.5 Å². The molecule has 1 aromatic rings. The smallest absolute Gasteiger partial charge is 0.373 e. The van der Waals surface area contributed by atoms with Crippen LogP contribution in [0, 0.1) is 5.92 Å². The van der Waals surface area contributed by atoms with E-state index in [-0.39, 0.29) is 30.2 Å². The van der Waals surface area contributed by atoms with Crippen molar-refractivity contribution < 1.29 is 19.1 Å². The Labute approximate surface area is 157 Å². The van der Waals surface area contributed by atoms with Gasteiger partial charge in [0, 0.05) is 6.54 Å². The molecule has 0 aliphatic heterocycles. The first-order valence-corrected chi connectivity index (χ1v) is 9.35. The van der Waals surface area contributed by atoms with Crippen molar-refractivity contribution in [2.45, 2.75) is 66.0 Å². The van der Waals surface area contributed by atoms with Crippen LogP contribution in [0.3, 0.4) is 0 Å². The lowest BCUT2D eigenvalue weighted by molar-refractivity contribution is -0.191. The zero-order valence-corrected chi connectivity index (χ0v) is 16.7. The van der Waals surface area contributed by atoms with E-state index < -0.39 is 0 Å². The molecule has 1 aromatic carbocycles. The summed E-state index contributed by atoms with van der Waals surface area (Å²) in [6, 6.07) is 10.3. The molecule has 0 spiro atoms. The third kappa shape index (κ3) is 10.1. The number of esters is 1. The minimum Gasteiger partial charge on any atom is -0.462 e. The van der Waals surface area contributed by atoms with Crippen molar-refractivity contribution >= 4 is 12.1 Å². The summed E-state index contributed by atoms with van der Waals surface area (Å²) in [6.45, 7) is 12.1. The van der Waals surface area contributed by atoms with Gasteiger partial charge in [0.25, 0.3) is 0 Å². The SMILES string of the molecule is CCCCN(CCc1ccccc1)C(C(=O)OC(C)C)C(C)C.O=C=O. The van der Waals surface area contributed by atoms with Crippen LogP contribution < -0.4 is 0 Å². The van der Waals surface area contributed by atoms with Crippen LogP contribution in [0.5, 0.6) is 0 Å². The molecule has 0 aliphatic carbocycles. The lowest BCUT2D eigenvalue weighted by Gasteiger charge is -2.33. The number of rotatable bonds is 10. The zero-order valence-electron chi connectivity index (χ0n) is 16.7. The zero-order chi connectivity index (χ0) is 19.9. The van der Waals surface area contributed by atoms with Crippen LogP contribution in [0.1, 0.15) is 53.0 Å². The molecule has 5 nitrogen and oxygen atoms in total. The monoisotopic (exact) mass is 363 g/mol. The van der Waals surface area contributed by atoms with E-state index in [2.05, 4.69) is 49.9 Å². The number of benzene rings is 1. The number of carbonyl (C=O) groups is 1. The molecule has 0 saturated heterocycles. The molecule has 1 atom stereocenters. The van der Waals surface area contributed by atoms with Crippen LogP contribution >= 0.6 is 0 Å². The second-order valence-corrected chi connectivity index (χ2v) is 6.88. The van der Waals surface area contributed by atoms with E-state index in [9.17, 15) is 4.79 Å². The van der Waals surface area contributed by atoms with Gasteiger partial charge in [0.2, 0.25) is 0 Å². The first-order chi connectivity index (χ1) is 12.4. The van der Waals surface area contributed by atoms with Gasteiger partial charge < -0.3 is 4.74 Å². The summed E-state index contributed by atoms with van der Waals surface area (Å²) in [5.41, 5.74) is 1.31. The van der Waals surface area contributed by atoms with Crippen molar-refractivity contribution in [3.63, 3.8) is 0 Å². The Morgan fingerprint density at radius 3 is 2.12 bits per heavy atom. The third-order valence-corrected chi connectivity index (χ3v) is 3.95. The summed E-state index contributed by atoms with van der Waals surface area (Å²) in [5.74, 6) is 0.160. The number of ether oxygens (including phenoxy) is 1. The lowest BCUT2D eigenvalue weighted by Crippen LogP contribution is -2.47. The van der Waals surface area contributed by atoms with E-state index in [0.717, 1.165) is 32.4 Å². The number of unbranched alkanes of at least 4 members (excludes halogenated alkanes) is 1. The Hall–Kier alpha value is -1.97. The first kappa shape index (κ1) is 24.0. The first-order valence-electron chi connectivity index (χ1n) is 9.35. The Bertz CT molecular complexity index is 522. The van der Waals surface area contributed by atoms with Crippen molar-refractivity contribution in [1.29, 1.82) is 0 Å². The average molecular weight is 363 g/mol. The van der Waals surface area contributed by atoms with Crippen molar-refractivity contribution in [3.8, 4) is 0 Å². The minimum atomic E-state index is -0.160. The molecule has 0 radical (unpaired) electrons. The van der Waals surface area contributed by atoms with Crippen LogP contribution in [0.15, 0.2) is 30.3 Å². The number of hydrogen-bond acceptors (Lipinski definition) is 5. The van der Waals surface area contributed by atoms with Crippen molar-refractivity contribution in [3.05, 3.63) is 35.9 Å². The second kappa shape index (κ2) is 14.2. The standard InChI is InChI=1S/C20H33NO2.CO2/c1-6-7-14-21(15-13-18-11-9-8-10-12-18)19(16(2)3)20(22)23-17(4)5;2-1-3/h8-12,16-17,19H,6-7,13-15H2,1-5H3;. The topological polar surface area (TPSA) is 63.7 Å². The van der Waals surface area contributed by atoms with E-state index in [1.807, 2.05) is 19.9 Å². The molecule has 0 amide bonds. The molecule has 1 rings (SSSR count). The molecule has 26 heavy (non-hydrogen) atoms. The molecule has 1 unspecified atom stereocenters. The van der Waals surface area contributed by atoms with E-state index in [1.165, 1.54) is 5.56 Å². The van der Waals surface area contributed by atoms with E-state index in [1.54, 1.807) is 0 Å². The van der Waals surface area contributed by atoms with Gasteiger partial charge in [0.15, 0.2) is 0 Å². The van der Waals surface area contributed by atoms with E-state index in [4.69, 9.17) is 14.3 Å². The average Bonchev–Trinajstić information content (AvgIpc) is 2.57. The quantitative estimate of drug-likeness (QED) is 0.593. The third-order valence-electron chi connectivity index (χ3n) is 3.95. The maximum absolute atomic E-state index is 12.5. The van der Waals surface area contributed by atoms with Crippen LogP contribution in [-0.4, -0.2) is 42.3 Å². The highest BCUT2D eigenvalue weighted by atomic mass is 16.5. The summed E-state index contributed by atoms with van der Waals surface area (Å²) in [5, 5.41) is 0. The number of hydrogen-bond donors (Lipinski definition) is 0. The molecule has 0 heterocycles. The van der Waals surface area contributed by atoms with Gasteiger partial charge >= 0.3 is 12.1 Å². The van der Waals surface area contributed by atoms with Gasteiger partial charge in [0.1, 0.15) is 6.04 Å². The summed E-state index contributed by atoms with van der Waals surface area (Å²) >= 11 is 0. The van der Waals surface area contributed by atoms with Gasteiger partial charge in [-0.05, 0) is 44.7 Å². The van der Waals surface area contributed by atoms with Gasteiger partial charge in [0.05, 0.1) is 6.10 Å². The predicted molar refractivity (Wildman–Crippen MR) is 101 cm³/mol. The molecule has 0 bridgehead atoms. The Balaban J connectivity index is 0.00000194. The Morgan fingerprint density at radius 1 is 1.08 bits per heavy atom. The Morgan fingerprint density at radius 2 is 1.65 bits per heavy atom. The van der Waals surface area contributed by atoms with Crippen LogP contribution in [0.4, 0.5) is 0 Å². The van der Waals surface area contributed by atoms with Gasteiger partial charge in [-0.15, -0.1) is 0 Å². The fourth-order valence-electron chi connectivity index (χ4n) is 2.81. The van der Waals surface area contributed by atoms with E-state index in [0.29, 0.717) is 0 Å². The largest absolute Gasteiger partial charge is 0.462 e. The molecule has 5 heteroatoms. The van der Waals surface area contributed by atoms with Crippen molar-refractivity contribution in [2.24, 2.45) is 5.92 Å². The normalized spacial score (nSPS) is 11.7. The highest BCUT2D eigenvalue weighted by Crippen LogP contribution is 2.16. The van der Waals surface area contributed by atoms with Crippen LogP contribution in [0.2, 0.25) is 0 Å². The number of carbonyl (C=O) groups excluding carboxylic acids is 3. The van der Waals surface area contributed by atoms with Gasteiger partial charge in [-0.1, -0.05) is 57.5 Å². The summed E-state index contributed by atoms with van der Waals surface area (Å²) in [4.78, 5) is 31.1. The molecule has 0 aliphatic rings. The van der Waals surface area contributed by atoms with Gasteiger partial charge in [-0.3, -0.25) is 9.69 Å². The summed E-state index contributed by atoms with van der Waals surface area (Å²) < 4.78 is 5.51. The molecular formula is C21H33NO4. The summed E-state index contributed by atoms with van der Waals surface area (Å²) in [7, 11) is 0. The summed E-state index contributed by atoms with van der Waals surface area (Å²) in [6.07, 6.45) is 3.38. The van der Waals surface area contributed by atoms with E-state index >= 15 is 0 Å². The van der Waals surface area contributed by atoms with Gasteiger partial charge in [-0.2, -0.15) is 9.59 Å². The minimum absolute atomic E-state index is 0.0640. The van der Waals surface area contributed by atoms with Crippen LogP contribution in [0.25, 0.3) is 0 Å². The number of nitrogens with zero attached hydrogens (tertiary/aromatic N) is 1. The molecule has 146 valence electrons. The lowest BCUT2D eigenvalue weighted by atomic mass is 10.0. The van der Waals surface area contributed by atoms with Gasteiger partial charge in [-0.25, -0.2) is 0 Å². The second-order valence-electron chi connectivity index (χ2n) is 6.88. The molecule has 0 saturated carbocycles. The molecule has 0 aromatic heterocycles. The Kier molecular flexibility index (Phi) is 13.1. The fourth-order valence-corrected chi connectivity index (χ4v) is 2.81. The predicted octanol–water partition coefficient (Wildman–Crippen LogP) is 3.72. The maximum atomic E-state index is 12.5. The maximum Gasteiger partial charge on any atom is 0.373 e. The highest BCUT2D eigenvalue weighted by molar-refractivity contribution is 5.76. The van der Waals surface area contributed by atoms with Crippen molar-refractivity contribution in [1.82, 2.24) is 4.90 Å².